The highest BCUT2D eigenvalue weighted by molar-refractivity contribution is 5.65. The molecule has 0 aliphatic heterocycles. The van der Waals surface area contributed by atoms with E-state index in [4.69, 9.17) is 0 Å². The van der Waals surface area contributed by atoms with Crippen LogP contribution in [0.15, 0.2) is 67.0 Å². The van der Waals surface area contributed by atoms with Crippen LogP contribution >= 0.6 is 0 Å². The molecule has 3 heteroatoms. The predicted molar refractivity (Wildman–Crippen MR) is 82.4 cm³/mol. The van der Waals surface area contributed by atoms with Gasteiger partial charge in [-0.2, -0.15) is 5.10 Å². The molecule has 0 saturated heterocycles. The smallest absolute Gasteiger partial charge is 0.0539 e. The average molecular weight is 263 g/mol. The number of rotatable bonds is 4. The molecular formula is C17H17N3. The van der Waals surface area contributed by atoms with Gasteiger partial charge in [0.25, 0.3) is 0 Å². The molecule has 3 aromatic rings. The summed E-state index contributed by atoms with van der Waals surface area (Å²) in [5.41, 5.74) is 4.78. The molecule has 2 aromatic carbocycles. The standard InChI is InChI=1S/C17H17N3/c1-20-13-14(12-19-20)11-18-17-9-7-16(8-10-17)15-5-3-2-4-6-15/h2-10,12-13,18H,11H2,1H3. The molecule has 0 fully saturated rings. The van der Waals surface area contributed by atoms with Gasteiger partial charge in [-0.1, -0.05) is 42.5 Å². The lowest BCUT2D eigenvalue weighted by Crippen LogP contribution is -1.98. The highest BCUT2D eigenvalue weighted by Gasteiger charge is 1.99. The molecule has 0 radical (unpaired) electrons. The molecule has 0 saturated carbocycles. The van der Waals surface area contributed by atoms with E-state index in [0.29, 0.717) is 0 Å². The summed E-state index contributed by atoms with van der Waals surface area (Å²) in [6, 6.07) is 18.9. The van der Waals surface area contributed by atoms with Crippen LogP contribution in [0.2, 0.25) is 0 Å². The van der Waals surface area contributed by atoms with Crippen molar-refractivity contribution in [2.45, 2.75) is 6.54 Å². The maximum atomic E-state index is 4.16. The lowest BCUT2D eigenvalue weighted by molar-refractivity contribution is 0.767. The second-order valence-corrected chi connectivity index (χ2v) is 4.82. The zero-order valence-electron chi connectivity index (χ0n) is 11.5. The first-order chi connectivity index (χ1) is 9.81. The SMILES string of the molecule is Cn1cc(CNc2ccc(-c3ccccc3)cc2)cn1. The minimum atomic E-state index is 0.790. The van der Waals surface area contributed by atoms with Crippen LogP contribution < -0.4 is 5.32 Å². The molecule has 0 bridgehead atoms. The molecule has 0 aliphatic rings. The molecule has 100 valence electrons. The van der Waals surface area contributed by atoms with Gasteiger partial charge in [-0.15, -0.1) is 0 Å². The van der Waals surface area contributed by atoms with E-state index in [2.05, 4.69) is 58.9 Å². The number of nitrogens with zero attached hydrogens (tertiary/aromatic N) is 2. The van der Waals surface area contributed by atoms with Crippen LogP contribution in [0, 0.1) is 0 Å². The zero-order valence-corrected chi connectivity index (χ0v) is 11.5. The van der Waals surface area contributed by atoms with Crippen LogP contribution in [0.1, 0.15) is 5.56 Å². The third-order valence-electron chi connectivity index (χ3n) is 3.25. The minimum Gasteiger partial charge on any atom is -0.381 e. The number of hydrogen-bond donors (Lipinski definition) is 1. The Morgan fingerprint density at radius 3 is 2.30 bits per heavy atom. The summed E-state index contributed by atoms with van der Waals surface area (Å²) in [5.74, 6) is 0. The monoisotopic (exact) mass is 263 g/mol. The Balaban J connectivity index is 1.67. The molecule has 1 aromatic heterocycles. The Bertz CT molecular complexity index is 669. The second kappa shape index (κ2) is 5.61. The summed E-state index contributed by atoms with van der Waals surface area (Å²) in [5, 5.41) is 7.56. The molecule has 0 spiro atoms. The van der Waals surface area contributed by atoms with Gasteiger partial charge in [0.2, 0.25) is 0 Å². The predicted octanol–water partition coefficient (Wildman–Crippen LogP) is 3.70. The third-order valence-corrected chi connectivity index (χ3v) is 3.25. The molecule has 3 rings (SSSR count). The van der Waals surface area contributed by atoms with Crippen LogP contribution in [0.4, 0.5) is 5.69 Å². The number of aryl methyl sites for hydroxylation is 1. The summed E-state index contributed by atoms with van der Waals surface area (Å²) in [6.45, 7) is 0.790. The molecule has 0 amide bonds. The fourth-order valence-electron chi connectivity index (χ4n) is 2.18. The number of benzene rings is 2. The van der Waals surface area contributed by atoms with Gasteiger partial charge in [-0.25, -0.2) is 0 Å². The minimum absolute atomic E-state index is 0.790. The maximum absolute atomic E-state index is 4.16. The van der Waals surface area contributed by atoms with Crippen molar-refractivity contribution in [1.29, 1.82) is 0 Å². The Morgan fingerprint density at radius 1 is 0.950 bits per heavy atom. The van der Waals surface area contributed by atoms with Gasteiger partial charge < -0.3 is 5.32 Å². The highest BCUT2D eigenvalue weighted by Crippen LogP contribution is 2.21. The van der Waals surface area contributed by atoms with Gasteiger partial charge in [0.15, 0.2) is 0 Å². The number of anilines is 1. The van der Waals surface area contributed by atoms with E-state index in [1.807, 2.05) is 30.2 Å². The highest BCUT2D eigenvalue weighted by atomic mass is 15.2. The first kappa shape index (κ1) is 12.5. The van der Waals surface area contributed by atoms with Gasteiger partial charge in [0.1, 0.15) is 0 Å². The molecule has 3 nitrogen and oxygen atoms in total. The molecule has 20 heavy (non-hydrogen) atoms. The average Bonchev–Trinajstić information content (AvgIpc) is 2.92. The summed E-state index contributed by atoms with van der Waals surface area (Å²) < 4.78 is 1.81. The van der Waals surface area contributed by atoms with E-state index in [1.54, 1.807) is 0 Å². The Kier molecular flexibility index (Phi) is 3.50. The number of nitrogens with one attached hydrogen (secondary N) is 1. The van der Waals surface area contributed by atoms with E-state index in [9.17, 15) is 0 Å². The van der Waals surface area contributed by atoms with Crippen LogP contribution in [-0.4, -0.2) is 9.78 Å². The van der Waals surface area contributed by atoms with Gasteiger partial charge in [-0.05, 0) is 23.3 Å². The third kappa shape index (κ3) is 2.88. The molecule has 0 aliphatic carbocycles. The number of aromatic nitrogens is 2. The Labute approximate surface area is 118 Å². The zero-order chi connectivity index (χ0) is 13.8. The number of hydrogen-bond acceptors (Lipinski definition) is 2. The fourth-order valence-corrected chi connectivity index (χ4v) is 2.18. The van der Waals surface area contributed by atoms with Crippen molar-refractivity contribution in [1.82, 2.24) is 9.78 Å². The van der Waals surface area contributed by atoms with Crippen molar-refractivity contribution in [2.24, 2.45) is 7.05 Å². The van der Waals surface area contributed by atoms with Crippen LogP contribution in [0.3, 0.4) is 0 Å². The van der Waals surface area contributed by atoms with Crippen molar-refractivity contribution >= 4 is 5.69 Å². The fraction of sp³-hybridized carbons (Fsp3) is 0.118. The topological polar surface area (TPSA) is 29.9 Å². The van der Waals surface area contributed by atoms with E-state index < -0.39 is 0 Å². The molecule has 1 heterocycles. The maximum Gasteiger partial charge on any atom is 0.0539 e. The van der Waals surface area contributed by atoms with Crippen molar-refractivity contribution < 1.29 is 0 Å². The van der Waals surface area contributed by atoms with Crippen molar-refractivity contribution in [3.8, 4) is 11.1 Å². The van der Waals surface area contributed by atoms with Gasteiger partial charge in [-0.3, -0.25) is 4.68 Å². The molecule has 0 unspecified atom stereocenters. The summed E-state index contributed by atoms with van der Waals surface area (Å²) in [7, 11) is 1.93. The van der Waals surface area contributed by atoms with E-state index >= 15 is 0 Å². The van der Waals surface area contributed by atoms with E-state index in [-0.39, 0.29) is 0 Å². The van der Waals surface area contributed by atoms with E-state index in [0.717, 1.165) is 12.2 Å². The molecule has 1 N–H and O–H groups in total. The normalized spacial score (nSPS) is 10.4. The van der Waals surface area contributed by atoms with Crippen molar-refractivity contribution in [2.75, 3.05) is 5.32 Å². The first-order valence-electron chi connectivity index (χ1n) is 6.68. The van der Waals surface area contributed by atoms with Crippen molar-refractivity contribution in [3.05, 3.63) is 72.6 Å². The van der Waals surface area contributed by atoms with Crippen LogP contribution in [0.5, 0.6) is 0 Å². The summed E-state index contributed by atoms with van der Waals surface area (Å²) in [4.78, 5) is 0. The first-order valence-corrected chi connectivity index (χ1v) is 6.68. The lowest BCUT2D eigenvalue weighted by Gasteiger charge is -2.06. The second-order valence-electron chi connectivity index (χ2n) is 4.82. The lowest BCUT2D eigenvalue weighted by atomic mass is 10.1. The Morgan fingerprint density at radius 2 is 1.65 bits per heavy atom. The van der Waals surface area contributed by atoms with Crippen LogP contribution in [-0.2, 0) is 13.6 Å². The van der Waals surface area contributed by atoms with Gasteiger partial charge >= 0.3 is 0 Å². The summed E-state index contributed by atoms with van der Waals surface area (Å²) >= 11 is 0. The Hall–Kier alpha value is -2.55. The van der Waals surface area contributed by atoms with Gasteiger partial charge in [0.05, 0.1) is 6.20 Å². The van der Waals surface area contributed by atoms with E-state index in [1.165, 1.54) is 16.7 Å². The quantitative estimate of drug-likeness (QED) is 0.778. The summed E-state index contributed by atoms with van der Waals surface area (Å²) in [6.07, 6.45) is 3.90. The molecule has 0 atom stereocenters. The largest absolute Gasteiger partial charge is 0.381 e. The molecular weight excluding hydrogens is 246 g/mol. The van der Waals surface area contributed by atoms with Crippen LogP contribution in [0.25, 0.3) is 11.1 Å². The van der Waals surface area contributed by atoms with Gasteiger partial charge in [0, 0.05) is 31.0 Å². The van der Waals surface area contributed by atoms with Crippen molar-refractivity contribution in [3.63, 3.8) is 0 Å².